The number of hydrogen-bond donors (Lipinski definition) is 1. The minimum atomic E-state index is -1.07. The SMILES string of the molecule is COc1ccc([C@H](NC(=O)c2ccc([S@](C)=O)cc2)c2ccccc2)cc1. The lowest BCUT2D eigenvalue weighted by Gasteiger charge is -2.20. The lowest BCUT2D eigenvalue weighted by atomic mass is 9.98. The molecule has 0 bridgehead atoms. The summed E-state index contributed by atoms with van der Waals surface area (Å²) >= 11 is 0. The van der Waals surface area contributed by atoms with Gasteiger partial charge in [-0.15, -0.1) is 0 Å². The maximum Gasteiger partial charge on any atom is 0.252 e. The summed E-state index contributed by atoms with van der Waals surface area (Å²) in [4.78, 5) is 13.5. The second-order valence-electron chi connectivity index (χ2n) is 6.07. The Morgan fingerprint density at radius 3 is 2.04 bits per heavy atom. The Kier molecular flexibility index (Phi) is 6.04. The van der Waals surface area contributed by atoms with E-state index in [1.54, 1.807) is 37.6 Å². The lowest BCUT2D eigenvalue weighted by Crippen LogP contribution is -2.29. The van der Waals surface area contributed by atoms with Gasteiger partial charge in [0.2, 0.25) is 0 Å². The monoisotopic (exact) mass is 379 g/mol. The molecular formula is C22H21NO3S. The molecule has 5 heteroatoms. The van der Waals surface area contributed by atoms with Crippen LogP contribution in [0.25, 0.3) is 0 Å². The maximum atomic E-state index is 12.8. The Bertz CT molecular complexity index is 922. The number of methoxy groups -OCH3 is 1. The number of carbonyl (C=O) groups excluding carboxylic acids is 1. The Labute approximate surface area is 161 Å². The standard InChI is InChI=1S/C22H21NO3S/c1-26-19-12-8-17(9-13-19)21(16-6-4-3-5-7-16)23-22(24)18-10-14-20(15-11-18)27(2)25/h3-15,21H,1-2H3,(H,23,24)/t21-,27+/m1/s1. The van der Waals surface area contributed by atoms with Crippen LogP contribution in [0.15, 0.2) is 83.8 Å². The van der Waals surface area contributed by atoms with E-state index in [0.29, 0.717) is 10.5 Å². The molecule has 3 aromatic rings. The molecule has 4 nitrogen and oxygen atoms in total. The zero-order valence-corrected chi connectivity index (χ0v) is 16.0. The number of hydrogen-bond acceptors (Lipinski definition) is 3. The lowest BCUT2D eigenvalue weighted by molar-refractivity contribution is 0.0943. The van der Waals surface area contributed by atoms with Gasteiger partial charge in [-0.25, -0.2) is 0 Å². The van der Waals surface area contributed by atoms with E-state index in [4.69, 9.17) is 4.74 Å². The van der Waals surface area contributed by atoms with Crippen LogP contribution < -0.4 is 10.1 Å². The van der Waals surface area contributed by atoms with Gasteiger partial charge < -0.3 is 10.1 Å². The molecule has 0 unspecified atom stereocenters. The van der Waals surface area contributed by atoms with Gasteiger partial charge in [0, 0.05) is 27.5 Å². The van der Waals surface area contributed by atoms with Crippen molar-refractivity contribution < 1.29 is 13.7 Å². The van der Waals surface area contributed by atoms with Gasteiger partial charge in [-0.2, -0.15) is 0 Å². The van der Waals surface area contributed by atoms with Gasteiger partial charge >= 0.3 is 0 Å². The smallest absolute Gasteiger partial charge is 0.252 e. The third kappa shape index (κ3) is 4.63. The Balaban J connectivity index is 1.88. The minimum absolute atomic E-state index is 0.187. The number of rotatable bonds is 6. The zero-order chi connectivity index (χ0) is 19.2. The first-order valence-electron chi connectivity index (χ1n) is 8.51. The average molecular weight is 379 g/mol. The fourth-order valence-electron chi connectivity index (χ4n) is 2.81. The molecule has 0 radical (unpaired) electrons. The van der Waals surface area contributed by atoms with E-state index in [1.807, 2.05) is 54.6 Å². The first-order chi connectivity index (χ1) is 13.1. The van der Waals surface area contributed by atoms with Crippen LogP contribution in [0.5, 0.6) is 5.75 Å². The van der Waals surface area contributed by atoms with E-state index in [2.05, 4.69) is 5.32 Å². The summed E-state index contributed by atoms with van der Waals surface area (Å²) in [6.45, 7) is 0. The van der Waals surface area contributed by atoms with Crippen molar-refractivity contribution in [3.05, 3.63) is 95.6 Å². The van der Waals surface area contributed by atoms with Crippen molar-refractivity contribution in [2.45, 2.75) is 10.9 Å². The highest BCUT2D eigenvalue weighted by Gasteiger charge is 2.18. The predicted molar refractivity (Wildman–Crippen MR) is 108 cm³/mol. The van der Waals surface area contributed by atoms with Crippen LogP contribution in [-0.4, -0.2) is 23.5 Å². The van der Waals surface area contributed by atoms with Crippen molar-refractivity contribution in [2.75, 3.05) is 13.4 Å². The van der Waals surface area contributed by atoms with E-state index in [9.17, 15) is 9.00 Å². The van der Waals surface area contributed by atoms with Crippen molar-refractivity contribution in [3.8, 4) is 5.75 Å². The number of carbonyl (C=O) groups is 1. The molecule has 0 saturated heterocycles. The number of benzene rings is 3. The highest BCUT2D eigenvalue weighted by atomic mass is 32.2. The first kappa shape index (κ1) is 18.9. The van der Waals surface area contributed by atoms with Crippen LogP contribution in [0.2, 0.25) is 0 Å². The Morgan fingerprint density at radius 2 is 1.48 bits per heavy atom. The molecule has 0 spiro atoms. The minimum Gasteiger partial charge on any atom is -0.497 e. The van der Waals surface area contributed by atoms with Crippen molar-refractivity contribution in [3.63, 3.8) is 0 Å². The molecule has 0 aliphatic heterocycles. The van der Waals surface area contributed by atoms with E-state index >= 15 is 0 Å². The van der Waals surface area contributed by atoms with E-state index in [0.717, 1.165) is 16.9 Å². The highest BCUT2D eigenvalue weighted by molar-refractivity contribution is 7.84. The van der Waals surface area contributed by atoms with Crippen LogP contribution in [0.4, 0.5) is 0 Å². The molecule has 0 fully saturated rings. The summed E-state index contributed by atoms with van der Waals surface area (Å²) in [5, 5.41) is 3.10. The molecule has 0 saturated carbocycles. The van der Waals surface area contributed by atoms with Gasteiger partial charge in [-0.1, -0.05) is 42.5 Å². The van der Waals surface area contributed by atoms with Crippen molar-refractivity contribution in [1.29, 1.82) is 0 Å². The van der Waals surface area contributed by atoms with E-state index in [1.165, 1.54) is 0 Å². The van der Waals surface area contributed by atoms with Crippen LogP contribution >= 0.6 is 0 Å². The van der Waals surface area contributed by atoms with Crippen molar-refractivity contribution in [2.24, 2.45) is 0 Å². The van der Waals surface area contributed by atoms with Gasteiger partial charge in [-0.05, 0) is 47.5 Å². The summed E-state index contributed by atoms with van der Waals surface area (Å²) in [5.41, 5.74) is 2.47. The summed E-state index contributed by atoms with van der Waals surface area (Å²) < 4.78 is 16.8. The van der Waals surface area contributed by atoms with Gasteiger partial charge in [-0.3, -0.25) is 9.00 Å². The molecule has 1 N–H and O–H groups in total. The van der Waals surface area contributed by atoms with Crippen LogP contribution in [0.1, 0.15) is 27.5 Å². The normalized spacial score (nSPS) is 12.8. The molecule has 3 aromatic carbocycles. The van der Waals surface area contributed by atoms with Crippen molar-refractivity contribution in [1.82, 2.24) is 5.32 Å². The molecule has 0 aromatic heterocycles. The second kappa shape index (κ2) is 8.64. The molecule has 27 heavy (non-hydrogen) atoms. The van der Waals surface area contributed by atoms with Gasteiger partial charge in [0.1, 0.15) is 5.75 Å². The number of amides is 1. The van der Waals surface area contributed by atoms with Crippen LogP contribution in [0, 0.1) is 0 Å². The third-order valence-electron chi connectivity index (χ3n) is 4.31. The summed E-state index contributed by atoms with van der Waals surface area (Å²) in [6.07, 6.45) is 1.62. The summed E-state index contributed by atoms with van der Waals surface area (Å²) in [6, 6.07) is 24.0. The van der Waals surface area contributed by atoms with Gasteiger partial charge in [0.25, 0.3) is 5.91 Å². The quantitative estimate of drug-likeness (QED) is 0.705. The van der Waals surface area contributed by atoms with Crippen molar-refractivity contribution >= 4 is 16.7 Å². The molecule has 2 atom stereocenters. The van der Waals surface area contributed by atoms with Gasteiger partial charge in [0.15, 0.2) is 0 Å². The first-order valence-corrected chi connectivity index (χ1v) is 10.1. The molecule has 138 valence electrons. The largest absolute Gasteiger partial charge is 0.497 e. The molecule has 1 amide bonds. The topological polar surface area (TPSA) is 55.4 Å². The molecule has 0 aliphatic rings. The molecule has 3 rings (SSSR count). The number of ether oxygens (including phenoxy) is 1. The number of nitrogens with one attached hydrogen (secondary N) is 1. The van der Waals surface area contributed by atoms with E-state index < -0.39 is 10.8 Å². The molecule has 0 aliphatic carbocycles. The Morgan fingerprint density at radius 1 is 0.889 bits per heavy atom. The fourth-order valence-corrected chi connectivity index (χ4v) is 3.33. The Hall–Kier alpha value is -2.92. The molecular weight excluding hydrogens is 358 g/mol. The van der Waals surface area contributed by atoms with Gasteiger partial charge in [0.05, 0.1) is 13.2 Å². The maximum absolute atomic E-state index is 12.8. The summed E-state index contributed by atoms with van der Waals surface area (Å²) in [7, 11) is 0.556. The second-order valence-corrected chi connectivity index (χ2v) is 7.45. The molecule has 0 heterocycles. The third-order valence-corrected chi connectivity index (χ3v) is 5.24. The highest BCUT2D eigenvalue weighted by Crippen LogP contribution is 2.24. The van der Waals surface area contributed by atoms with Crippen LogP contribution in [-0.2, 0) is 10.8 Å². The average Bonchev–Trinajstić information content (AvgIpc) is 2.72. The summed E-state index contributed by atoms with van der Waals surface area (Å²) in [5.74, 6) is 0.577. The van der Waals surface area contributed by atoms with Crippen LogP contribution in [0.3, 0.4) is 0 Å². The zero-order valence-electron chi connectivity index (χ0n) is 15.2. The van der Waals surface area contributed by atoms with E-state index in [-0.39, 0.29) is 11.9 Å². The predicted octanol–water partition coefficient (Wildman–Crippen LogP) is 3.95. The fraction of sp³-hybridized carbons (Fsp3) is 0.136.